The van der Waals surface area contributed by atoms with Crippen molar-refractivity contribution in [2.24, 2.45) is 11.7 Å². The molecule has 0 aromatic heterocycles. The fourth-order valence-corrected chi connectivity index (χ4v) is 2.19. The van der Waals surface area contributed by atoms with Gasteiger partial charge in [-0.05, 0) is 37.3 Å². The molecule has 0 aliphatic rings. The minimum atomic E-state index is -0.375. The largest absolute Gasteiger partial charge is 0.328 e. The molecule has 1 rings (SSSR count). The van der Waals surface area contributed by atoms with Gasteiger partial charge in [0.15, 0.2) is 0 Å². The Balaban J connectivity index is 2.71. The Kier molecular flexibility index (Phi) is 5.56. The number of nitro benzene ring substituents is 1. The van der Waals surface area contributed by atoms with Gasteiger partial charge in [-0.3, -0.25) is 10.1 Å². The smallest absolute Gasteiger partial charge is 0.272 e. The quantitative estimate of drug-likeness (QED) is 0.635. The molecule has 1 atom stereocenters. The van der Waals surface area contributed by atoms with Crippen LogP contribution in [0.15, 0.2) is 18.2 Å². The zero-order chi connectivity index (χ0) is 13.7. The van der Waals surface area contributed by atoms with Crippen molar-refractivity contribution in [3.63, 3.8) is 0 Å². The van der Waals surface area contributed by atoms with E-state index in [0.717, 1.165) is 12.8 Å². The average Bonchev–Trinajstić information content (AvgIpc) is 2.25. The van der Waals surface area contributed by atoms with Gasteiger partial charge in [-0.15, -0.1) is 0 Å². The Morgan fingerprint density at radius 2 is 2.11 bits per heavy atom. The fourth-order valence-electron chi connectivity index (χ4n) is 2.00. The molecule has 0 aliphatic heterocycles. The molecule has 100 valence electrons. The molecule has 5 heteroatoms. The Bertz CT molecular complexity index is 421. The van der Waals surface area contributed by atoms with Crippen LogP contribution in [0.4, 0.5) is 5.69 Å². The molecule has 0 aliphatic carbocycles. The number of rotatable bonds is 6. The normalized spacial score (nSPS) is 12.7. The van der Waals surface area contributed by atoms with E-state index >= 15 is 0 Å². The maximum atomic E-state index is 10.9. The van der Waals surface area contributed by atoms with Crippen molar-refractivity contribution in [2.45, 2.75) is 39.2 Å². The summed E-state index contributed by atoms with van der Waals surface area (Å²) in [6.07, 6.45) is 2.25. The number of hydrogen-bond donors (Lipinski definition) is 1. The van der Waals surface area contributed by atoms with Crippen LogP contribution in [0.3, 0.4) is 0 Å². The first-order valence-corrected chi connectivity index (χ1v) is 6.46. The van der Waals surface area contributed by atoms with E-state index in [9.17, 15) is 10.1 Å². The minimum absolute atomic E-state index is 0.0728. The molecule has 0 spiro atoms. The van der Waals surface area contributed by atoms with Crippen LogP contribution in [0.2, 0.25) is 5.02 Å². The number of halogens is 1. The Labute approximate surface area is 112 Å². The van der Waals surface area contributed by atoms with Crippen LogP contribution in [0, 0.1) is 16.0 Å². The lowest BCUT2D eigenvalue weighted by Crippen LogP contribution is -2.22. The third-order valence-electron chi connectivity index (χ3n) is 2.80. The topological polar surface area (TPSA) is 69.2 Å². The maximum Gasteiger partial charge on any atom is 0.272 e. The van der Waals surface area contributed by atoms with Crippen LogP contribution in [-0.2, 0) is 6.42 Å². The highest BCUT2D eigenvalue weighted by molar-refractivity contribution is 6.30. The molecule has 1 aromatic carbocycles. The monoisotopic (exact) mass is 270 g/mol. The van der Waals surface area contributed by atoms with Crippen LogP contribution in [0.1, 0.15) is 32.3 Å². The number of hydrogen-bond acceptors (Lipinski definition) is 3. The van der Waals surface area contributed by atoms with Crippen molar-refractivity contribution in [1.82, 2.24) is 0 Å². The maximum absolute atomic E-state index is 10.9. The van der Waals surface area contributed by atoms with E-state index in [1.807, 2.05) is 0 Å². The second-order valence-corrected chi connectivity index (χ2v) is 5.39. The summed E-state index contributed by atoms with van der Waals surface area (Å²) >= 11 is 5.87. The van der Waals surface area contributed by atoms with Crippen molar-refractivity contribution in [3.8, 4) is 0 Å². The van der Waals surface area contributed by atoms with Crippen molar-refractivity contribution >= 4 is 17.3 Å². The number of nitrogens with two attached hydrogens (primary N) is 1. The second-order valence-electron chi connectivity index (χ2n) is 4.96. The van der Waals surface area contributed by atoms with Crippen molar-refractivity contribution in [2.75, 3.05) is 0 Å². The van der Waals surface area contributed by atoms with Gasteiger partial charge in [-0.2, -0.15) is 0 Å². The summed E-state index contributed by atoms with van der Waals surface area (Å²) in [4.78, 5) is 10.5. The molecular weight excluding hydrogens is 252 g/mol. The summed E-state index contributed by atoms with van der Waals surface area (Å²) in [7, 11) is 0. The van der Waals surface area contributed by atoms with E-state index in [2.05, 4.69) is 13.8 Å². The van der Waals surface area contributed by atoms with Gasteiger partial charge in [0, 0.05) is 22.7 Å². The predicted molar refractivity (Wildman–Crippen MR) is 73.9 cm³/mol. The molecule has 4 nitrogen and oxygen atoms in total. The summed E-state index contributed by atoms with van der Waals surface area (Å²) in [6, 6.07) is 4.72. The molecule has 0 bridgehead atoms. The highest BCUT2D eigenvalue weighted by Gasteiger charge is 2.15. The summed E-state index contributed by atoms with van der Waals surface area (Å²) in [5.74, 6) is 0.536. The van der Waals surface area contributed by atoms with Crippen molar-refractivity contribution in [3.05, 3.63) is 38.9 Å². The average molecular weight is 271 g/mol. The van der Waals surface area contributed by atoms with Gasteiger partial charge in [0.1, 0.15) is 0 Å². The molecule has 0 radical (unpaired) electrons. The van der Waals surface area contributed by atoms with Crippen molar-refractivity contribution in [1.29, 1.82) is 0 Å². The molecule has 1 unspecified atom stereocenters. The van der Waals surface area contributed by atoms with Crippen LogP contribution in [-0.4, -0.2) is 11.0 Å². The van der Waals surface area contributed by atoms with E-state index in [1.54, 1.807) is 6.07 Å². The first-order chi connectivity index (χ1) is 8.40. The second kappa shape index (κ2) is 6.71. The summed E-state index contributed by atoms with van der Waals surface area (Å²) < 4.78 is 0. The highest BCUT2D eigenvalue weighted by atomic mass is 35.5. The molecule has 0 heterocycles. The molecule has 0 fully saturated rings. The number of nitrogens with zero attached hydrogens (tertiary/aromatic N) is 1. The zero-order valence-corrected chi connectivity index (χ0v) is 11.5. The molecular formula is C13H19ClN2O2. The molecule has 0 saturated heterocycles. The van der Waals surface area contributed by atoms with Gasteiger partial charge >= 0.3 is 0 Å². The lowest BCUT2D eigenvalue weighted by atomic mass is 9.97. The van der Waals surface area contributed by atoms with Crippen LogP contribution in [0.5, 0.6) is 0 Å². The van der Waals surface area contributed by atoms with E-state index in [0.29, 0.717) is 22.9 Å². The highest BCUT2D eigenvalue weighted by Crippen LogP contribution is 2.24. The minimum Gasteiger partial charge on any atom is -0.328 e. The Morgan fingerprint density at radius 1 is 1.44 bits per heavy atom. The van der Waals surface area contributed by atoms with Gasteiger partial charge in [0.2, 0.25) is 0 Å². The Morgan fingerprint density at radius 3 is 2.67 bits per heavy atom. The van der Waals surface area contributed by atoms with Gasteiger partial charge in [-0.1, -0.05) is 25.4 Å². The van der Waals surface area contributed by atoms with Crippen LogP contribution >= 0.6 is 11.6 Å². The molecule has 1 aromatic rings. The van der Waals surface area contributed by atoms with Gasteiger partial charge in [0.05, 0.1) is 4.92 Å². The standard InChI is InChI=1S/C13H19ClN2O2/c1-9(2)7-12(15)5-3-10-8-11(14)4-6-13(10)16(17)18/h4,6,8-9,12H,3,5,7,15H2,1-2H3. The molecule has 0 saturated carbocycles. The third-order valence-corrected chi connectivity index (χ3v) is 3.03. The Hall–Kier alpha value is -1.13. The zero-order valence-electron chi connectivity index (χ0n) is 10.7. The predicted octanol–water partition coefficient (Wildman–Crippen LogP) is 3.55. The van der Waals surface area contributed by atoms with Gasteiger partial charge in [-0.25, -0.2) is 0 Å². The lowest BCUT2D eigenvalue weighted by Gasteiger charge is -2.13. The first-order valence-electron chi connectivity index (χ1n) is 6.08. The van der Waals surface area contributed by atoms with Crippen molar-refractivity contribution < 1.29 is 4.92 Å². The fraction of sp³-hybridized carbons (Fsp3) is 0.538. The number of benzene rings is 1. The third kappa shape index (κ3) is 4.63. The first kappa shape index (κ1) is 14.9. The SMILES string of the molecule is CC(C)CC(N)CCc1cc(Cl)ccc1[N+](=O)[O-]. The summed E-state index contributed by atoms with van der Waals surface area (Å²) in [6.45, 7) is 4.23. The summed E-state index contributed by atoms with van der Waals surface area (Å²) in [5.41, 5.74) is 6.76. The van der Waals surface area contributed by atoms with Crippen LogP contribution in [0.25, 0.3) is 0 Å². The van der Waals surface area contributed by atoms with E-state index < -0.39 is 0 Å². The molecule has 0 amide bonds. The van der Waals surface area contributed by atoms with Gasteiger partial charge in [0.25, 0.3) is 5.69 Å². The van der Waals surface area contributed by atoms with Crippen LogP contribution < -0.4 is 5.73 Å². The lowest BCUT2D eigenvalue weighted by molar-refractivity contribution is -0.385. The summed E-state index contributed by atoms with van der Waals surface area (Å²) in [5, 5.41) is 11.4. The van der Waals surface area contributed by atoms with E-state index in [1.165, 1.54) is 12.1 Å². The van der Waals surface area contributed by atoms with Gasteiger partial charge < -0.3 is 5.73 Å². The number of nitro groups is 1. The molecule has 2 N–H and O–H groups in total. The molecule has 18 heavy (non-hydrogen) atoms. The van der Waals surface area contributed by atoms with E-state index in [-0.39, 0.29) is 16.7 Å². The number of aryl methyl sites for hydroxylation is 1. The van der Waals surface area contributed by atoms with E-state index in [4.69, 9.17) is 17.3 Å².